The highest BCUT2D eigenvalue weighted by Crippen LogP contribution is 2.21. The van der Waals surface area contributed by atoms with E-state index in [-0.39, 0.29) is 11.3 Å². The van der Waals surface area contributed by atoms with Gasteiger partial charge in [0.15, 0.2) is 5.43 Å². The first kappa shape index (κ1) is 17.4. The third-order valence-corrected chi connectivity index (χ3v) is 5.39. The van der Waals surface area contributed by atoms with Crippen LogP contribution in [0.25, 0.3) is 17.0 Å². The highest BCUT2D eigenvalue weighted by atomic mass is 32.1. The van der Waals surface area contributed by atoms with Gasteiger partial charge in [0.25, 0.3) is 0 Å². The zero-order valence-corrected chi connectivity index (χ0v) is 15.6. The first-order chi connectivity index (χ1) is 13.1. The van der Waals surface area contributed by atoms with Gasteiger partial charge in [0.2, 0.25) is 11.0 Å². The lowest BCUT2D eigenvalue weighted by molar-refractivity contribution is -0.126. The molecule has 0 spiro atoms. The zero-order valence-electron chi connectivity index (χ0n) is 14.8. The SMILES string of the molecule is Cc1nnc(N2CCN(C(=O)/C=C/c3coc4ccccc4c3=O)CC2)s1. The van der Waals surface area contributed by atoms with E-state index in [1.807, 2.05) is 13.0 Å². The number of nitrogens with zero attached hydrogens (tertiary/aromatic N) is 4. The Morgan fingerprint density at radius 1 is 1.19 bits per heavy atom. The minimum Gasteiger partial charge on any atom is -0.463 e. The second-order valence-corrected chi connectivity index (χ2v) is 7.43. The van der Waals surface area contributed by atoms with Crippen LogP contribution in [0.3, 0.4) is 0 Å². The van der Waals surface area contributed by atoms with E-state index >= 15 is 0 Å². The van der Waals surface area contributed by atoms with Crippen molar-refractivity contribution in [3.8, 4) is 0 Å². The number of amides is 1. The third-order valence-electron chi connectivity index (χ3n) is 4.49. The summed E-state index contributed by atoms with van der Waals surface area (Å²) < 4.78 is 5.47. The molecule has 0 unspecified atom stereocenters. The number of hydrogen-bond acceptors (Lipinski definition) is 7. The maximum absolute atomic E-state index is 12.5. The molecule has 2 aromatic heterocycles. The molecule has 1 aliphatic rings. The molecule has 0 N–H and O–H groups in total. The van der Waals surface area contributed by atoms with E-state index in [1.165, 1.54) is 18.4 Å². The standard InChI is InChI=1S/C19H18N4O3S/c1-13-20-21-19(27-13)23-10-8-22(9-11-23)17(24)7-6-14-12-26-16-5-3-2-4-15(16)18(14)25/h2-7,12H,8-11H2,1H3/b7-6+. The van der Waals surface area contributed by atoms with Gasteiger partial charge in [-0.2, -0.15) is 0 Å². The molecule has 27 heavy (non-hydrogen) atoms. The van der Waals surface area contributed by atoms with E-state index in [9.17, 15) is 9.59 Å². The number of para-hydroxylation sites is 1. The van der Waals surface area contributed by atoms with Gasteiger partial charge in [-0.25, -0.2) is 0 Å². The predicted molar refractivity (Wildman–Crippen MR) is 105 cm³/mol. The number of carbonyl (C=O) groups excluding carboxylic acids is 1. The Bertz CT molecular complexity index is 1060. The van der Waals surface area contributed by atoms with Crippen molar-refractivity contribution in [1.29, 1.82) is 0 Å². The molecule has 4 rings (SSSR count). The van der Waals surface area contributed by atoms with E-state index in [4.69, 9.17) is 4.42 Å². The monoisotopic (exact) mass is 382 g/mol. The highest BCUT2D eigenvalue weighted by Gasteiger charge is 2.21. The van der Waals surface area contributed by atoms with Crippen LogP contribution in [0.1, 0.15) is 10.6 Å². The molecule has 8 heteroatoms. The summed E-state index contributed by atoms with van der Waals surface area (Å²) in [5.41, 5.74) is 0.761. The van der Waals surface area contributed by atoms with Crippen LogP contribution < -0.4 is 10.3 Å². The van der Waals surface area contributed by atoms with Crippen LogP contribution in [-0.4, -0.2) is 47.2 Å². The maximum Gasteiger partial charge on any atom is 0.246 e. The molecule has 0 bridgehead atoms. The number of carbonyl (C=O) groups is 1. The summed E-state index contributed by atoms with van der Waals surface area (Å²) in [5, 5.41) is 10.5. The maximum atomic E-state index is 12.5. The second-order valence-electron chi connectivity index (χ2n) is 6.27. The zero-order chi connectivity index (χ0) is 18.8. The van der Waals surface area contributed by atoms with Crippen LogP contribution in [0.15, 0.2) is 45.8 Å². The Morgan fingerprint density at radius 3 is 2.70 bits per heavy atom. The molecule has 138 valence electrons. The Labute approximate surface area is 159 Å². The van der Waals surface area contributed by atoms with E-state index in [2.05, 4.69) is 15.1 Å². The summed E-state index contributed by atoms with van der Waals surface area (Å²) in [4.78, 5) is 28.8. The summed E-state index contributed by atoms with van der Waals surface area (Å²) in [6.07, 6.45) is 4.36. The van der Waals surface area contributed by atoms with Gasteiger partial charge in [0.05, 0.1) is 10.9 Å². The fourth-order valence-electron chi connectivity index (χ4n) is 3.01. The van der Waals surface area contributed by atoms with Gasteiger partial charge in [0.1, 0.15) is 16.9 Å². The number of anilines is 1. The Hall–Kier alpha value is -3.00. The minimum absolute atomic E-state index is 0.115. The molecule has 0 saturated carbocycles. The Kier molecular flexibility index (Phi) is 4.72. The van der Waals surface area contributed by atoms with Gasteiger partial charge in [-0.3, -0.25) is 9.59 Å². The number of piperazine rings is 1. The molecule has 1 amide bonds. The topological polar surface area (TPSA) is 79.5 Å². The van der Waals surface area contributed by atoms with Gasteiger partial charge in [-0.1, -0.05) is 23.5 Å². The third kappa shape index (κ3) is 3.61. The second kappa shape index (κ2) is 7.32. The van der Waals surface area contributed by atoms with Gasteiger partial charge in [-0.15, -0.1) is 10.2 Å². The average molecular weight is 382 g/mol. The quantitative estimate of drug-likeness (QED) is 0.647. The van der Waals surface area contributed by atoms with Crippen molar-refractivity contribution < 1.29 is 9.21 Å². The lowest BCUT2D eigenvalue weighted by atomic mass is 10.1. The first-order valence-electron chi connectivity index (χ1n) is 8.64. The van der Waals surface area contributed by atoms with Gasteiger partial charge in [-0.05, 0) is 25.1 Å². The van der Waals surface area contributed by atoms with Crippen molar-refractivity contribution in [2.45, 2.75) is 6.92 Å². The summed E-state index contributed by atoms with van der Waals surface area (Å²) >= 11 is 1.56. The fourth-order valence-corrected chi connectivity index (χ4v) is 3.75. The number of fused-ring (bicyclic) bond motifs is 1. The van der Waals surface area contributed by atoms with Crippen LogP contribution in [-0.2, 0) is 4.79 Å². The molecule has 1 saturated heterocycles. The molecule has 0 radical (unpaired) electrons. The summed E-state index contributed by atoms with van der Waals surface area (Å²) in [6, 6.07) is 7.06. The molecule has 1 aliphatic heterocycles. The lowest BCUT2D eigenvalue weighted by Gasteiger charge is -2.33. The molecule has 0 aliphatic carbocycles. The highest BCUT2D eigenvalue weighted by molar-refractivity contribution is 7.15. The van der Waals surface area contributed by atoms with E-state index in [1.54, 1.807) is 34.4 Å². The lowest BCUT2D eigenvalue weighted by Crippen LogP contribution is -2.48. The number of rotatable bonds is 3. The summed E-state index contributed by atoms with van der Waals surface area (Å²) in [5.74, 6) is -0.115. The number of hydrogen-bond donors (Lipinski definition) is 0. The van der Waals surface area contributed by atoms with Crippen molar-refractivity contribution >= 4 is 39.4 Å². The first-order valence-corrected chi connectivity index (χ1v) is 9.46. The molecule has 7 nitrogen and oxygen atoms in total. The van der Waals surface area contributed by atoms with Crippen LogP contribution in [0.5, 0.6) is 0 Å². The largest absolute Gasteiger partial charge is 0.463 e. The number of aromatic nitrogens is 2. The summed E-state index contributed by atoms with van der Waals surface area (Å²) in [6.45, 7) is 4.57. The van der Waals surface area contributed by atoms with Crippen LogP contribution in [0.2, 0.25) is 0 Å². The predicted octanol–water partition coefficient (Wildman–Crippen LogP) is 2.31. The van der Waals surface area contributed by atoms with Crippen molar-refractivity contribution in [1.82, 2.24) is 15.1 Å². The van der Waals surface area contributed by atoms with Crippen molar-refractivity contribution in [3.63, 3.8) is 0 Å². The van der Waals surface area contributed by atoms with Crippen molar-refractivity contribution in [2.75, 3.05) is 31.1 Å². The van der Waals surface area contributed by atoms with Gasteiger partial charge >= 0.3 is 0 Å². The van der Waals surface area contributed by atoms with E-state index in [0.717, 1.165) is 10.1 Å². The molecular formula is C19H18N4O3S. The van der Waals surface area contributed by atoms with E-state index < -0.39 is 0 Å². The fraction of sp³-hybridized carbons (Fsp3) is 0.263. The Balaban J connectivity index is 1.42. The molecule has 3 heterocycles. The van der Waals surface area contributed by atoms with Crippen LogP contribution in [0, 0.1) is 6.92 Å². The van der Waals surface area contributed by atoms with Gasteiger partial charge < -0.3 is 14.2 Å². The molecule has 1 aromatic carbocycles. The molecule has 1 fully saturated rings. The minimum atomic E-state index is -0.141. The van der Waals surface area contributed by atoms with Crippen molar-refractivity contribution in [2.24, 2.45) is 0 Å². The van der Waals surface area contributed by atoms with Crippen LogP contribution >= 0.6 is 11.3 Å². The summed E-state index contributed by atoms with van der Waals surface area (Å²) in [7, 11) is 0. The smallest absolute Gasteiger partial charge is 0.246 e. The number of aryl methyl sites for hydroxylation is 1. The van der Waals surface area contributed by atoms with Gasteiger partial charge in [0, 0.05) is 32.3 Å². The Morgan fingerprint density at radius 2 is 1.96 bits per heavy atom. The average Bonchev–Trinajstić information content (AvgIpc) is 3.14. The van der Waals surface area contributed by atoms with E-state index in [0.29, 0.717) is 42.7 Å². The van der Waals surface area contributed by atoms with Crippen LogP contribution in [0.4, 0.5) is 5.13 Å². The van der Waals surface area contributed by atoms with Crippen molar-refractivity contribution in [3.05, 3.63) is 57.4 Å². The number of benzene rings is 1. The molecular weight excluding hydrogens is 364 g/mol. The normalized spacial score (nSPS) is 15.0. The molecule has 3 aromatic rings. The molecule has 0 atom stereocenters.